The number of benzene rings is 2. The maximum Gasteiger partial charge on any atom is 0.244 e. The fraction of sp³-hybridized carbons (Fsp3) is 0.150. The zero-order chi connectivity index (χ0) is 18.4. The smallest absolute Gasteiger partial charge is 0.244 e. The molecule has 3 aromatic rings. The minimum atomic E-state index is -0.244. The first kappa shape index (κ1) is 17.4. The first-order chi connectivity index (χ1) is 12.7. The molecular weight excluding hydrogens is 330 g/mol. The molecule has 0 aliphatic rings. The molecule has 26 heavy (non-hydrogen) atoms. The summed E-state index contributed by atoms with van der Waals surface area (Å²) in [5.41, 5.74) is 3.04. The number of phenolic OH excluding ortho intramolecular Hbond substituents is 1. The lowest BCUT2D eigenvalue weighted by Crippen LogP contribution is -2.20. The maximum absolute atomic E-state index is 12.0. The van der Waals surface area contributed by atoms with E-state index in [4.69, 9.17) is 4.74 Å². The third-order valence-corrected chi connectivity index (χ3v) is 3.66. The zero-order valence-corrected chi connectivity index (χ0v) is 14.3. The third kappa shape index (κ3) is 4.36. The Morgan fingerprint density at radius 3 is 2.85 bits per heavy atom. The molecule has 1 aromatic heterocycles. The summed E-state index contributed by atoms with van der Waals surface area (Å²) in [6.07, 6.45) is 4.67. The van der Waals surface area contributed by atoms with Crippen LogP contribution in [0.25, 0.3) is 17.1 Å². The Bertz CT molecular complexity index is 954. The maximum atomic E-state index is 12.0. The number of carbonyl (C=O) groups is 1. The highest BCUT2D eigenvalue weighted by atomic mass is 16.5. The van der Waals surface area contributed by atoms with E-state index in [1.54, 1.807) is 30.5 Å². The second-order valence-corrected chi connectivity index (χ2v) is 5.57. The molecular formula is C20H19N3O3. The number of carbonyl (C=O) groups excluding carboxylic acids is 1. The molecule has 0 unspecified atom stereocenters. The van der Waals surface area contributed by atoms with Crippen molar-refractivity contribution in [2.45, 2.75) is 13.5 Å². The van der Waals surface area contributed by atoms with Crippen molar-refractivity contribution in [3.63, 3.8) is 0 Å². The molecule has 1 amide bonds. The van der Waals surface area contributed by atoms with Gasteiger partial charge in [-0.25, -0.2) is 4.98 Å². The quantitative estimate of drug-likeness (QED) is 0.668. The number of aromatic hydroxyl groups is 1. The van der Waals surface area contributed by atoms with Crippen LogP contribution >= 0.6 is 0 Å². The van der Waals surface area contributed by atoms with Crippen molar-refractivity contribution in [2.24, 2.45) is 0 Å². The highest BCUT2D eigenvalue weighted by Gasteiger charge is 2.04. The molecule has 0 atom stereocenters. The Balaban J connectivity index is 1.61. The Morgan fingerprint density at radius 2 is 2.04 bits per heavy atom. The molecule has 0 spiro atoms. The lowest BCUT2D eigenvalue weighted by atomic mass is 10.2. The molecule has 0 aliphatic carbocycles. The number of aromatic nitrogens is 2. The van der Waals surface area contributed by atoms with Gasteiger partial charge in [0.25, 0.3) is 0 Å². The summed E-state index contributed by atoms with van der Waals surface area (Å²) in [4.78, 5) is 20.7. The van der Waals surface area contributed by atoms with Crippen molar-refractivity contribution >= 4 is 23.0 Å². The van der Waals surface area contributed by atoms with Gasteiger partial charge in [-0.1, -0.05) is 18.2 Å². The molecule has 0 aliphatic heterocycles. The van der Waals surface area contributed by atoms with Gasteiger partial charge in [0.2, 0.25) is 5.91 Å². The minimum Gasteiger partial charge on any atom is -0.504 e. The van der Waals surface area contributed by atoms with Crippen molar-refractivity contribution in [3.8, 4) is 11.5 Å². The fourth-order valence-corrected chi connectivity index (χ4v) is 2.40. The Morgan fingerprint density at radius 1 is 1.23 bits per heavy atom. The number of amides is 1. The van der Waals surface area contributed by atoms with Crippen LogP contribution in [0.1, 0.15) is 18.2 Å². The number of nitrogens with zero attached hydrogens (tertiary/aromatic N) is 2. The van der Waals surface area contributed by atoms with E-state index in [1.807, 2.05) is 31.2 Å². The molecule has 6 nitrogen and oxygen atoms in total. The molecule has 6 heteroatoms. The van der Waals surface area contributed by atoms with Gasteiger partial charge in [0, 0.05) is 12.6 Å². The standard InChI is InChI=1S/C20H19N3O3/c1-2-26-19-11-14(7-9-18(19)24)12-22-20(25)10-8-15-13-21-16-5-3-4-6-17(16)23-15/h3-11,13,24H,2,12H2,1H3,(H,22,25)/b10-8+. The van der Waals surface area contributed by atoms with Gasteiger partial charge in [-0.2, -0.15) is 0 Å². The molecule has 0 fully saturated rings. The van der Waals surface area contributed by atoms with E-state index in [0.717, 1.165) is 16.6 Å². The summed E-state index contributed by atoms with van der Waals surface area (Å²) in [5.74, 6) is 0.240. The number of phenols is 1. The van der Waals surface area contributed by atoms with Gasteiger partial charge in [-0.05, 0) is 42.8 Å². The Kier molecular flexibility index (Phi) is 5.43. The highest BCUT2D eigenvalue weighted by molar-refractivity contribution is 5.91. The van der Waals surface area contributed by atoms with E-state index >= 15 is 0 Å². The summed E-state index contributed by atoms with van der Waals surface area (Å²) in [7, 11) is 0. The summed E-state index contributed by atoms with van der Waals surface area (Å²) < 4.78 is 5.33. The van der Waals surface area contributed by atoms with Gasteiger partial charge in [0.1, 0.15) is 0 Å². The minimum absolute atomic E-state index is 0.0803. The molecule has 0 radical (unpaired) electrons. The summed E-state index contributed by atoms with van der Waals surface area (Å²) in [6, 6.07) is 12.5. The molecule has 0 saturated heterocycles. The van der Waals surface area contributed by atoms with E-state index in [2.05, 4.69) is 15.3 Å². The van der Waals surface area contributed by atoms with Crippen LogP contribution in [0, 0.1) is 0 Å². The van der Waals surface area contributed by atoms with E-state index in [1.165, 1.54) is 6.08 Å². The van der Waals surface area contributed by atoms with Gasteiger partial charge < -0.3 is 15.2 Å². The SMILES string of the molecule is CCOc1cc(CNC(=O)/C=C/c2cnc3ccccc3n2)ccc1O. The van der Waals surface area contributed by atoms with Crippen molar-refractivity contribution in [2.75, 3.05) is 6.61 Å². The monoisotopic (exact) mass is 349 g/mol. The van der Waals surface area contributed by atoms with Crippen LogP contribution in [0.15, 0.2) is 54.7 Å². The third-order valence-electron chi connectivity index (χ3n) is 3.66. The van der Waals surface area contributed by atoms with Crippen molar-refractivity contribution < 1.29 is 14.6 Å². The normalized spacial score (nSPS) is 11.0. The van der Waals surface area contributed by atoms with Crippen molar-refractivity contribution in [1.82, 2.24) is 15.3 Å². The second-order valence-electron chi connectivity index (χ2n) is 5.57. The van der Waals surface area contributed by atoms with Gasteiger partial charge in [-0.15, -0.1) is 0 Å². The average Bonchev–Trinajstić information content (AvgIpc) is 2.67. The number of fused-ring (bicyclic) bond motifs is 1. The molecule has 3 rings (SSSR count). The van der Waals surface area contributed by atoms with Crippen molar-refractivity contribution in [1.29, 1.82) is 0 Å². The lowest BCUT2D eigenvalue weighted by molar-refractivity contribution is -0.116. The largest absolute Gasteiger partial charge is 0.504 e. The number of hydrogen-bond acceptors (Lipinski definition) is 5. The molecule has 2 N–H and O–H groups in total. The molecule has 0 bridgehead atoms. The van der Waals surface area contributed by atoms with E-state index in [0.29, 0.717) is 24.6 Å². The lowest BCUT2D eigenvalue weighted by Gasteiger charge is -2.08. The van der Waals surface area contributed by atoms with Crippen LogP contribution < -0.4 is 10.1 Å². The van der Waals surface area contributed by atoms with Crippen LogP contribution in [0.4, 0.5) is 0 Å². The van der Waals surface area contributed by atoms with Crippen LogP contribution in [0.3, 0.4) is 0 Å². The molecule has 2 aromatic carbocycles. The van der Waals surface area contributed by atoms with Gasteiger partial charge in [-0.3, -0.25) is 9.78 Å². The Labute approximate surface area is 151 Å². The van der Waals surface area contributed by atoms with Gasteiger partial charge >= 0.3 is 0 Å². The van der Waals surface area contributed by atoms with Gasteiger partial charge in [0.15, 0.2) is 11.5 Å². The van der Waals surface area contributed by atoms with E-state index in [-0.39, 0.29) is 11.7 Å². The number of nitrogens with one attached hydrogen (secondary N) is 1. The average molecular weight is 349 g/mol. The van der Waals surface area contributed by atoms with Crippen LogP contribution in [0.5, 0.6) is 11.5 Å². The summed E-state index contributed by atoms with van der Waals surface area (Å²) in [5, 5.41) is 12.5. The van der Waals surface area contributed by atoms with E-state index in [9.17, 15) is 9.90 Å². The van der Waals surface area contributed by atoms with Crippen LogP contribution in [-0.2, 0) is 11.3 Å². The van der Waals surface area contributed by atoms with Gasteiger partial charge in [0.05, 0.1) is 29.5 Å². The molecule has 1 heterocycles. The van der Waals surface area contributed by atoms with E-state index < -0.39 is 0 Å². The Hall–Kier alpha value is -3.41. The molecule has 132 valence electrons. The molecule has 0 saturated carbocycles. The predicted molar refractivity (Wildman–Crippen MR) is 99.7 cm³/mol. The number of ether oxygens (including phenoxy) is 1. The van der Waals surface area contributed by atoms with Crippen molar-refractivity contribution in [3.05, 3.63) is 66.0 Å². The first-order valence-electron chi connectivity index (χ1n) is 8.28. The number of rotatable bonds is 6. The zero-order valence-electron chi connectivity index (χ0n) is 14.3. The fourth-order valence-electron chi connectivity index (χ4n) is 2.40. The predicted octanol–water partition coefficient (Wildman–Crippen LogP) is 3.06. The summed E-state index contributed by atoms with van der Waals surface area (Å²) >= 11 is 0. The number of hydrogen-bond donors (Lipinski definition) is 2. The van der Waals surface area contributed by atoms with Crippen LogP contribution in [0.2, 0.25) is 0 Å². The van der Waals surface area contributed by atoms with Crippen LogP contribution in [-0.4, -0.2) is 27.6 Å². The second kappa shape index (κ2) is 8.11. The first-order valence-corrected chi connectivity index (χ1v) is 8.28. The summed E-state index contributed by atoms with van der Waals surface area (Å²) in [6.45, 7) is 2.63. The topological polar surface area (TPSA) is 84.3 Å². The number of para-hydroxylation sites is 2. The highest BCUT2D eigenvalue weighted by Crippen LogP contribution is 2.26.